The highest BCUT2D eigenvalue weighted by atomic mass is 35.5. The second kappa shape index (κ2) is 5.01. The minimum atomic E-state index is -0.458. The van der Waals surface area contributed by atoms with Crippen molar-refractivity contribution in [1.29, 1.82) is 0 Å². The quantitative estimate of drug-likeness (QED) is 0.681. The molecule has 2 bridgehead atoms. The predicted molar refractivity (Wildman–Crippen MR) is 60.3 cm³/mol. The maximum absolute atomic E-state index is 11.4. The lowest BCUT2D eigenvalue weighted by Crippen LogP contribution is -2.59. The average molecular weight is 246 g/mol. The summed E-state index contributed by atoms with van der Waals surface area (Å²) in [7, 11) is 0. The molecular formula is C10H16ClN3O2. The SMILES string of the molecule is O=C(CCl)NC(=O)NC1CN2CCC1CC2. The number of piperidine rings is 3. The van der Waals surface area contributed by atoms with Crippen LogP contribution >= 0.6 is 11.6 Å². The van der Waals surface area contributed by atoms with Gasteiger partial charge in [-0.1, -0.05) is 0 Å². The third-order valence-corrected chi connectivity index (χ3v) is 3.59. The number of fused-ring (bicyclic) bond motifs is 3. The van der Waals surface area contributed by atoms with Crippen molar-refractivity contribution < 1.29 is 9.59 Å². The van der Waals surface area contributed by atoms with Crippen LogP contribution in [-0.4, -0.2) is 48.4 Å². The Balaban J connectivity index is 1.81. The van der Waals surface area contributed by atoms with Crippen LogP contribution < -0.4 is 10.6 Å². The maximum atomic E-state index is 11.4. The van der Waals surface area contributed by atoms with Gasteiger partial charge in [-0.2, -0.15) is 0 Å². The summed E-state index contributed by atoms with van der Waals surface area (Å²) in [6.45, 7) is 3.16. The molecule has 6 heteroatoms. The Morgan fingerprint density at radius 3 is 2.50 bits per heavy atom. The second-order valence-electron chi connectivity index (χ2n) is 4.40. The van der Waals surface area contributed by atoms with Crippen molar-refractivity contribution in [3.05, 3.63) is 0 Å². The van der Waals surface area contributed by atoms with Crippen LogP contribution in [0.15, 0.2) is 0 Å². The van der Waals surface area contributed by atoms with E-state index in [2.05, 4.69) is 15.5 Å². The van der Waals surface area contributed by atoms with E-state index in [0.717, 1.165) is 32.5 Å². The standard InChI is InChI=1S/C10H16ClN3O2/c11-5-9(15)13-10(16)12-8-6-14-3-1-7(8)2-4-14/h7-8H,1-6H2,(H2,12,13,15,16). The Bertz CT molecular complexity index is 290. The first-order valence-electron chi connectivity index (χ1n) is 5.57. The molecule has 2 N–H and O–H groups in total. The molecule has 0 aromatic heterocycles. The number of urea groups is 1. The summed E-state index contributed by atoms with van der Waals surface area (Å²) in [5.41, 5.74) is 0. The number of hydrogen-bond acceptors (Lipinski definition) is 3. The van der Waals surface area contributed by atoms with Crippen LogP contribution in [0.25, 0.3) is 0 Å². The molecule has 0 radical (unpaired) electrons. The van der Waals surface area contributed by atoms with Crippen LogP contribution in [0.3, 0.4) is 0 Å². The Morgan fingerprint density at radius 2 is 2.00 bits per heavy atom. The number of imide groups is 1. The highest BCUT2D eigenvalue weighted by molar-refractivity contribution is 6.28. The van der Waals surface area contributed by atoms with Gasteiger partial charge in [0.25, 0.3) is 0 Å². The molecule has 3 fully saturated rings. The zero-order chi connectivity index (χ0) is 11.5. The van der Waals surface area contributed by atoms with E-state index in [1.165, 1.54) is 0 Å². The Labute approximate surface area is 99.5 Å². The first-order valence-corrected chi connectivity index (χ1v) is 6.11. The molecule has 0 saturated carbocycles. The van der Waals surface area contributed by atoms with Gasteiger partial charge in [-0.25, -0.2) is 4.79 Å². The van der Waals surface area contributed by atoms with E-state index >= 15 is 0 Å². The lowest BCUT2D eigenvalue weighted by atomic mass is 9.84. The maximum Gasteiger partial charge on any atom is 0.321 e. The van der Waals surface area contributed by atoms with E-state index < -0.39 is 11.9 Å². The molecule has 1 atom stereocenters. The number of amides is 3. The van der Waals surface area contributed by atoms with E-state index in [1.807, 2.05) is 0 Å². The van der Waals surface area contributed by atoms with Crippen molar-refractivity contribution in [2.45, 2.75) is 18.9 Å². The monoisotopic (exact) mass is 245 g/mol. The van der Waals surface area contributed by atoms with Gasteiger partial charge in [-0.15, -0.1) is 11.6 Å². The number of carbonyl (C=O) groups excluding carboxylic acids is 2. The van der Waals surface area contributed by atoms with Gasteiger partial charge < -0.3 is 10.2 Å². The van der Waals surface area contributed by atoms with Gasteiger partial charge in [0.2, 0.25) is 5.91 Å². The molecular weight excluding hydrogens is 230 g/mol. The van der Waals surface area contributed by atoms with Crippen molar-refractivity contribution >= 4 is 23.5 Å². The fourth-order valence-corrected chi connectivity index (χ4v) is 2.56. The molecule has 3 heterocycles. The van der Waals surface area contributed by atoms with E-state index in [1.54, 1.807) is 0 Å². The van der Waals surface area contributed by atoms with Crippen molar-refractivity contribution in [2.24, 2.45) is 5.92 Å². The third kappa shape index (κ3) is 2.65. The lowest BCUT2D eigenvalue weighted by molar-refractivity contribution is -0.117. The number of alkyl halides is 1. The van der Waals surface area contributed by atoms with Crippen molar-refractivity contribution in [3.8, 4) is 0 Å². The molecule has 0 aromatic carbocycles. The molecule has 3 aliphatic heterocycles. The van der Waals surface area contributed by atoms with Crippen LogP contribution in [0.1, 0.15) is 12.8 Å². The molecule has 0 aromatic rings. The summed E-state index contributed by atoms with van der Waals surface area (Å²) in [5.74, 6) is -0.0875. The van der Waals surface area contributed by atoms with Gasteiger partial charge in [0.05, 0.1) is 0 Å². The number of halogens is 1. The smallest absolute Gasteiger partial charge is 0.321 e. The normalized spacial score (nSPS) is 32.2. The number of carbonyl (C=O) groups is 2. The van der Waals surface area contributed by atoms with Crippen LogP contribution in [0, 0.1) is 5.92 Å². The average Bonchev–Trinajstić information content (AvgIpc) is 2.30. The van der Waals surface area contributed by atoms with Crippen LogP contribution in [0.5, 0.6) is 0 Å². The first kappa shape index (κ1) is 11.7. The molecule has 16 heavy (non-hydrogen) atoms. The molecule has 5 nitrogen and oxygen atoms in total. The zero-order valence-corrected chi connectivity index (χ0v) is 9.79. The molecule has 3 aliphatic rings. The Morgan fingerprint density at radius 1 is 1.31 bits per heavy atom. The van der Waals surface area contributed by atoms with Gasteiger partial charge in [-0.3, -0.25) is 10.1 Å². The third-order valence-electron chi connectivity index (χ3n) is 3.35. The molecule has 1 unspecified atom stereocenters. The van der Waals surface area contributed by atoms with Gasteiger partial charge >= 0.3 is 6.03 Å². The molecule has 0 spiro atoms. The summed E-state index contributed by atoms with van der Waals surface area (Å²) in [6.07, 6.45) is 2.27. The first-order chi connectivity index (χ1) is 7.69. The van der Waals surface area contributed by atoms with Crippen molar-refractivity contribution in [2.75, 3.05) is 25.5 Å². The number of nitrogens with zero attached hydrogens (tertiary/aromatic N) is 1. The van der Waals surface area contributed by atoms with Gasteiger partial charge in [0.15, 0.2) is 0 Å². The summed E-state index contributed by atoms with van der Waals surface area (Å²) >= 11 is 5.30. The van der Waals surface area contributed by atoms with Crippen molar-refractivity contribution in [1.82, 2.24) is 15.5 Å². The minimum Gasteiger partial charge on any atom is -0.333 e. The Kier molecular flexibility index (Phi) is 3.66. The number of hydrogen-bond donors (Lipinski definition) is 2. The number of nitrogens with one attached hydrogen (secondary N) is 2. The van der Waals surface area contributed by atoms with Crippen LogP contribution in [0.2, 0.25) is 0 Å². The molecule has 0 aliphatic carbocycles. The minimum absolute atomic E-state index is 0.172. The fraction of sp³-hybridized carbons (Fsp3) is 0.800. The number of rotatable bonds is 2. The van der Waals surface area contributed by atoms with E-state index in [0.29, 0.717) is 5.92 Å². The second-order valence-corrected chi connectivity index (χ2v) is 4.67. The highest BCUT2D eigenvalue weighted by Gasteiger charge is 2.34. The van der Waals surface area contributed by atoms with E-state index in [-0.39, 0.29) is 11.9 Å². The summed E-state index contributed by atoms with van der Waals surface area (Å²) in [6, 6.07) is -0.255. The fourth-order valence-electron chi connectivity index (χ4n) is 2.49. The molecule has 90 valence electrons. The van der Waals surface area contributed by atoms with Gasteiger partial charge in [0, 0.05) is 12.6 Å². The molecule has 3 amide bonds. The van der Waals surface area contributed by atoms with E-state index in [4.69, 9.17) is 11.6 Å². The summed E-state index contributed by atoms with van der Waals surface area (Å²) in [5, 5.41) is 5.04. The Hall–Kier alpha value is -0.810. The lowest BCUT2D eigenvalue weighted by Gasteiger charge is -2.44. The highest BCUT2D eigenvalue weighted by Crippen LogP contribution is 2.27. The molecule has 3 saturated heterocycles. The summed E-state index contributed by atoms with van der Waals surface area (Å²) in [4.78, 5) is 24.7. The molecule has 3 rings (SSSR count). The zero-order valence-electron chi connectivity index (χ0n) is 9.04. The van der Waals surface area contributed by atoms with Crippen molar-refractivity contribution in [3.63, 3.8) is 0 Å². The van der Waals surface area contributed by atoms with E-state index in [9.17, 15) is 9.59 Å². The van der Waals surface area contributed by atoms with Gasteiger partial charge in [-0.05, 0) is 31.8 Å². The van der Waals surface area contributed by atoms with Crippen LogP contribution in [-0.2, 0) is 4.79 Å². The predicted octanol–water partition coefficient (Wildman–Crippen LogP) is 0.145. The topological polar surface area (TPSA) is 61.4 Å². The van der Waals surface area contributed by atoms with Crippen LogP contribution in [0.4, 0.5) is 4.79 Å². The largest absolute Gasteiger partial charge is 0.333 e. The summed E-state index contributed by atoms with van der Waals surface area (Å²) < 4.78 is 0. The van der Waals surface area contributed by atoms with Gasteiger partial charge in [0.1, 0.15) is 5.88 Å².